The molecule has 0 radical (unpaired) electrons. The van der Waals surface area contributed by atoms with Crippen LogP contribution in [0.25, 0.3) is 0 Å². The summed E-state index contributed by atoms with van der Waals surface area (Å²) in [7, 11) is -3.54. The van der Waals surface area contributed by atoms with Gasteiger partial charge in [0.1, 0.15) is 15.9 Å². The maximum atomic E-state index is 13.0. The second-order valence-electron chi connectivity index (χ2n) is 7.40. The molecule has 1 saturated heterocycles. The first-order valence-electron chi connectivity index (χ1n) is 9.60. The lowest BCUT2D eigenvalue weighted by molar-refractivity contribution is -0.119. The van der Waals surface area contributed by atoms with E-state index in [9.17, 15) is 13.2 Å². The van der Waals surface area contributed by atoms with Crippen LogP contribution in [0.5, 0.6) is 0 Å². The van der Waals surface area contributed by atoms with Crippen molar-refractivity contribution < 1.29 is 13.2 Å². The monoisotopic (exact) mass is 437 g/mol. The minimum atomic E-state index is -3.54. The van der Waals surface area contributed by atoms with Gasteiger partial charge in [-0.3, -0.25) is 4.79 Å². The van der Waals surface area contributed by atoms with Gasteiger partial charge in [0.25, 0.3) is 10.0 Å². The summed E-state index contributed by atoms with van der Waals surface area (Å²) in [6, 6.07) is 5.32. The predicted molar refractivity (Wildman–Crippen MR) is 114 cm³/mol. The van der Waals surface area contributed by atoms with Crippen molar-refractivity contribution in [2.24, 2.45) is 0 Å². The minimum absolute atomic E-state index is 0.139. The van der Waals surface area contributed by atoms with Crippen LogP contribution in [-0.2, 0) is 21.4 Å². The van der Waals surface area contributed by atoms with Gasteiger partial charge in [0.2, 0.25) is 5.91 Å². The van der Waals surface area contributed by atoms with Gasteiger partial charge in [-0.1, -0.05) is 13.8 Å². The van der Waals surface area contributed by atoms with Crippen molar-refractivity contribution in [2.45, 2.75) is 44.4 Å². The maximum Gasteiger partial charge on any atom is 0.252 e. The number of carbonyl (C=O) groups is 1. The molecule has 0 aliphatic carbocycles. The van der Waals surface area contributed by atoms with Crippen molar-refractivity contribution in [1.82, 2.24) is 19.6 Å². The number of nitrogens with one attached hydrogen (secondary N) is 1. The van der Waals surface area contributed by atoms with E-state index in [1.54, 1.807) is 12.1 Å². The zero-order valence-electron chi connectivity index (χ0n) is 17.2. The molecule has 0 saturated carbocycles. The molecule has 1 aliphatic rings. The molecule has 1 aliphatic heterocycles. The number of nitrogens with zero attached hydrogens (tertiary/aromatic N) is 4. The molecule has 0 spiro atoms. The van der Waals surface area contributed by atoms with Crippen molar-refractivity contribution in [3.8, 4) is 0 Å². The number of rotatable bonds is 6. The van der Waals surface area contributed by atoms with Crippen LogP contribution < -0.4 is 10.2 Å². The Bertz CT molecular complexity index is 979. The van der Waals surface area contributed by atoms with E-state index in [2.05, 4.69) is 34.0 Å². The van der Waals surface area contributed by atoms with Crippen molar-refractivity contribution in [1.29, 1.82) is 0 Å². The van der Waals surface area contributed by atoms with E-state index in [0.717, 1.165) is 22.2 Å². The molecule has 1 amide bonds. The molecule has 0 aromatic carbocycles. The molecule has 0 unspecified atom stereocenters. The molecule has 3 rings (SSSR count). The Morgan fingerprint density at radius 2 is 1.90 bits per heavy atom. The Balaban J connectivity index is 1.68. The number of amides is 1. The van der Waals surface area contributed by atoms with Gasteiger partial charge in [-0.25, -0.2) is 18.4 Å². The summed E-state index contributed by atoms with van der Waals surface area (Å²) in [6.45, 7) is 9.82. The maximum absolute atomic E-state index is 13.0. The van der Waals surface area contributed by atoms with E-state index in [4.69, 9.17) is 0 Å². The molecule has 2 aromatic heterocycles. The van der Waals surface area contributed by atoms with Crippen LogP contribution in [0.2, 0.25) is 0 Å². The summed E-state index contributed by atoms with van der Waals surface area (Å²) in [4.78, 5) is 23.1. The van der Waals surface area contributed by atoms with Gasteiger partial charge in [0.05, 0.1) is 6.54 Å². The molecule has 0 atom stereocenters. The second kappa shape index (κ2) is 8.76. The van der Waals surface area contributed by atoms with Crippen LogP contribution in [-0.4, -0.2) is 54.8 Å². The van der Waals surface area contributed by atoms with Crippen LogP contribution in [0, 0.1) is 6.92 Å². The smallest absolute Gasteiger partial charge is 0.252 e. The largest absolute Gasteiger partial charge is 0.354 e. The van der Waals surface area contributed by atoms with E-state index >= 15 is 0 Å². The fourth-order valence-corrected chi connectivity index (χ4v) is 5.95. The molecule has 29 heavy (non-hydrogen) atoms. The number of aryl methyl sites for hydroxylation is 1. The Morgan fingerprint density at radius 3 is 2.52 bits per heavy atom. The third kappa shape index (κ3) is 5.12. The highest BCUT2D eigenvalue weighted by Gasteiger charge is 2.30. The molecule has 2 aromatic rings. The van der Waals surface area contributed by atoms with E-state index in [-0.39, 0.29) is 11.8 Å². The fraction of sp³-hybridized carbons (Fsp3) is 0.526. The van der Waals surface area contributed by atoms with Gasteiger partial charge >= 0.3 is 0 Å². The first-order chi connectivity index (χ1) is 13.7. The van der Waals surface area contributed by atoms with Gasteiger partial charge in [-0.05, 0) is 19.1 Å². The molecule has 8 nitrogen and oxygen atoms in total. The highest BCUT2D eigenvalue weighted by Crippen LogP contribution is 2.27. The number of carbonyl (C=O) groups excluding carboxylic acids is 1. The third-order valence-corrected chi connectivity index (χ3v) is 8.13. The van der Waals surface area contributed by atoms with Crippen LogP contribution in [0.15, 0.2) is 22.4 Å². The molecule has 3 heterocycles. The quantitative estimate of drug-likeness (QED) is 0.744. The summed E-state index contributed by atoms with van der Waals surface area (Å²) in [5.41, 5.74) is 0.916. The molecule has 158 valence electrons. The number of piperazine rings is 1. The lowest BCUT2D eigenvalue weighted by atomic mass is 10.2. The summed E-state index contributed by atoms with van der Waals surface area (Å²) >= 11 is 1.20. The molecule has 10 heteroatoms. The number of thiophene rings is 1. The Hall–Kier alpha value is -2.04. The van der Waals surface area contributed by atoms with Crippen LogP contribution in [0.1, 0.15) is 43.1 Å². The van der Waals surface area contributed by atoms with Crippen LogP contribution in [0.3, 0.4) is 0 Å². The topological polar surface area (TPSA) is 95.5 Å². The summed E-state index contributed by atoms with van der Waals surface area (Å²) in [5.74, 6) is 1.76. The Labute approximate surface area is 176 Å². The van der Waals surface area contributed by atoms with Gasteiger partial charge in [0, 0.05) is 55.7 Å². The van der Waals surface area contributed by atoms with E-state index in [1.807, 2.05) is 13.0 Å². The standard InChI is InChI=1S/C19H27N5O3S2/c1-13(2)19-21-14(3)11-17(22-19)23-7-9-24(10-8-23)29(26,27)18-6-5-16(28-18)12-20-15(4)25/h5-6,11,13H,7-10,12H2,1-4H3,(H,20,25). The second-order valence-corrected chi connectivity index (χ2v) is 10.7. The number of hydrogen-bond donors (Lipinski definition) is 1. The molecular formula is C19H27N5O3S2. The molecule has 1 N–H and O–H groups in total. The van der Waals surface area contributed by atoms with Gasteiger partial charge < -0.3 is 10.2 Å². The Kier molecular flexibility index (Phi) is 6.55. The normalized spacial score (nSPS) is 15.7. The first kappa shape index (κ1) is 21.7. The Morgan fingerprint density at radius 1 is 1.21 bits per heavy atom. The summed E-state index contributed by atoms with van der Waals surface area (Å²) < 4.78 is 27.8. The van der Waals surface area contributed by atoms with Gasteiger partial charge in [-0.2, -0.15) is 4.31 Å². The van der Waals surface area contributed by atoms with E-state index in [1.165, 1.54) is 22.6 Å². The van der Waals surface area contributed by atoms with Gasteiger partial charge in [0.15, 0.2) is 0 Å². The van der Waals surface area contributed by atoms with Crippen molar-refractivity contribution in [3.05, 3.63) is 34.6 Å². The lowest BCUT2D eigenvalue weighted by Gasteiger charge is -2.34. The highest BCUT2D eigenvalue weighted by atomic mass is 32.2. The zero-order chi connectivity index (χ0) is 21.2. The van der Waals surface area contributed by atoms with E-state index in [0.29, 0.717) is 36.9 Å². The predicted octanol–water partition coefficient (Wildman–Crippen LogP) is 2.12. The lowest BCUT2D eigenvalue weighted by Crippen LogP contribution is -2.48. The van der Waals surface area contributed by atoms with Crippen LogP contribution in [0.4, 0.5) is 5.82 Å². The SMILES string of the molecule is CC(=O)NCc1ccc(S(=O)(=O)N2CCN(c3cc(C)nc(C(C)C)n3)CC2)s1. The van der Waals surface area contributed by atoms with Crippen molar-refractivity contribution in [3.63, 3.8) is 0 Å². The summed E-state index contributed by atoms with van der Waals surface area (Å²) in [6.07, 6.45) is 0. The molecule has 0 bridgehead atoms. The van der Waals surface area contributed by atoms with Crippen molar-refractivity contribution >= 4 is 33.1 Å². The number of anilines is 1. The average molecular weight is 438 g/mol. The number of aromatic nitrogens is 2. The highest BCUT2D eigenvalue weighted by molar-refractivity contribution is 7.91. The molecular weight excluding hydrogens is 410 g/mol. The zero-order valence-corrected chi connectivity index (χ0v) is 18.8. The fourth-order valence-electron chi connectivity index (χ4n) is 3.08. The van der Waals surface area contributed by atoms with Crippen LogP contribution >= 0.6 is 11.3 Å². The third-order valence-electron chi connectivity index (χ3n) is 4.68. The summed E-state index contributed by atoms with van der Waals surface area (Å²) in [5, 5.41) is 2.69. The van der Waals surface area contributed by atoms with E-state index < -0.39 is 10.0 Å². The first-order valence-corrected chi connectivity index (χ1v) is 11.9. The minimum Gasteiger partial charge on any atom is -0.354 e. The number of sulfonamides is 1. The van der Waals surface area contributed by atoms with Crippen molar-refractivity contribution in [2.75, 3.05) is 31.1 Å². The average Bonchev–Trinajstić information content (AvgIpc) is 3.16. The van der Waals surface area contributed by atoms with Gasteiger partial charge in [-0.15, -0.1) is 11.3 Å². The molecule has 1 fully saturated rings. The number of hydrogen-bond acceptors (Lipinski definition) is 7.